The summed E-state index contributed by atoms with van der Waals surface area (Å²) >= 11 is 3.68. The van der Waals surface area contributed by atoms with E-state index in [-0.39, 0.29) is 36.4 Å². The number of rotatable bonds is 12. The van der Waals surface area contributed by atoms with Crippen LogP contribution >= 0.6 is 15.9 Å². The molecule has 1 N–H and O–H groups in total. The molecule has 0 aliphatic carbocycles. The molecular weight excluding hydrogens is 564 g/mol. The van der Waals surface area contributed by atoms with Gasteiger partial charge in [-0.2, -0.15) is 0 Å². The van der Waals surface area contributed by atoms with E-state index in [4.69, 9.17) is 9.47 Å². The molecule has 0 radical (unpaired) electrons. The van der Waals surface area contributed by atoms with Crippen LogP contribution in [0.1, 0.15) is 43.7 Å². The van der Waals surface area contributed by atoms with Crippen LogP contribution in [0.5, 0.6) is 0 Å². The third-order valence-electron chi connectivity index (χ3n) is 8.34. The minimum absolute atomic E-state index is 0.217. The quantitative estimate of drug-likeness (QED) is 0.169. The first-order valence-corrected chi connectivity index (χ1v) is 14.6. The van der Waals surface area contributed by atoms with Crippen molar-refractivity contribution in [2.75, 3.05) is 24.7 Å². The number of amides is 2. The van der Waals surface area contributed by atoms with E-state index < -0.39 is 41.6 Å². The molecule has 2 amide bonds. The van der Waals surface area contributed by atoms with E-state index in [1.165, 1.54) is 4.90 Å². The second-order valence-corrected chi connectivity index (χ2v) is 12.0. The van der Waals surface area contributed by atoms with Crippen LogP contribution in [0.4, 0.5) is 5.69 Å². The van der Waals surface area contributed by atoms with E-state index in [1.807, 2.05) is 39.0 Å². The van der Waals surface area contributed by atoms with Crippen LogP contribution in [0.2, 0.25) is 0 Å². The number of carbonyl (C=O) groups excluding carboxylic acids is 3. The normalized spacial score (nSPS) is 29.7. The molecule has 1 aromatic rings. The molecule has 3 aliphatic rings. The summed E-state index contributed by atoms with van der Waals surface area (Å²) in [5, 5.41) is 10.3. The number of hydrogen-bond donors (Lipinski definition) is 1. The van der Waals surface area contributed by atoms with Gasteiger partial charge in [-0.1, -0.05) is 47.1 Å². The van der Waals surface area contributed by atoms with Crippen LogP contribution in [0.15, 0.2) is 43.5 Å². The van der Waals surface area contributed by atoms with Crippen LogP contribution in [-0.4, -0.2) is 76.2 Å². The Morgan fingerprint density at radius 2 is 2.08 bits per heavy atom. The summed E-state index contributed by atoms with van der Waals surface area (Å²) in [4.78, 5) is 45.1. The second kappa shape index (κ2) is 11.9. The number of likely N-dealkylation sites (tertiary alicyclic amines) is 1. The Morgan fingerprint density at radius 1 is 1.33 bits per heavy atom. The van der Waals surface area contributed by atoms with Gasteiger partial charge in [-0.25, -0.2) is 0 Å². The lowest BCUT2D eigenvalue weighted by molar-refractivity contribution is -0.155. The molecule has 39 heavy (non-hydrogen) atoms. The first kappa shape index (κ1) is 29.5. The van der Waals surface area contributed by atoms with Crippen LogP contribution in [0.25, 0.3) is 0 Å². The maximum absolute atomic E-state index is 14.6. The Balaban J connectivity index is 1.79. The Kier molecular flexibility index (Phi) is 9.03. The van der Waals surface area contributed by atoms with Crippen molar-refractivity contribution in [3.05, 3.63) is 54.6 Å². The van der Waals surface area contributed by atoms with Crippen LogP contribution in [0.3, 0.4) is 0 Å². The molecule has 3 heterocycles. The van der Waals surface area contributed by atoms with Gasteiger partial charge in [0.2, 0.25) is 5.91 Å². The third-order valence-corrected chi connectivity index (χ3v) is 9.18. The molecule has 1 spiro atoms. The summed E-state index contributed by atoms with van der Waals surface area (Å²) in [6.07, 6.45) is 5.00. The highest BCUT2D eigenvalue weighted by atomic mass is 79.9. The summed E-state index contributed by atoms with van der Waals surface area (Å²) in [5.74, 6) is -2.86. The van der Waals surface area contributed by atoms with E-state index in [1.54, 1.807) is 17.1 Å². The number of hydrogen-bond acceptors (Lipinski definition) is 6. The average molecular weight is 604 g/mol. The molecular formula is C30H39BrN2O6. The molecule has 8 nitrogen and oxygen atoms in total. The molecule has 7 atom stereocenters. The van der Waals surface area contributed by atoms with Crippen molar-refractivity contribution in [1.82, 2.24) is 4.90 Å². The maximum Gasteiger partial charge on any atom is 0.312 e. The molecule has 9 heteroatoms. The molecule has 3 aliphatic heterocycles. The average Bonchev–Trinajstić information content (AvgIpc) is 3.51. The van der Waals surface area contributed by atoms with Gasteiger partial charge in [0.25, 0.3) is 5.91 Å². The number of aliphatic hydroxyl groups excluding tert-OH is 1. The van der Waals surface area contributed by atoms with Gasteiger partial charge in [0.1, 0.15) is 11.6 Å². The number of fused-ring (bicyclic) bond motifs is 1. The van der Waals surface area contributed by atoms with Gasteiger partial charge in [-0.05, 0) is 56.7 Å². The number of allylic oxidation sites excluding steroid dienone is 1. The molecule has 0 aromatic heterocycles. The van der Waals surface area contributed by atoms with E-state index >= 15 is 0 Å². The van der Waals surface area contributed by atoms with E-state index in [9.17, 15) is 19.5 Å². The summed E-state index contributed by atoms with van der Waals surface area (Å²) in [7, 11) is 0. The number of benzene rings is 1. The van der Waals surface area contributed by atoms with Gasteiger partial charge in [-0.3, -0.25) is 14.4 Å². The third kappa shape index (κ3) is 4.98. The molecule has 0 saturated carbocycles. The summed E-state index contributed by atoms with van der Waals surface area (Å²) in [5.41, 5.74) is 1.40. The number of nitrogens with zero attached hydrogens (tertiary/aromatic N) is 2. The number of aryl methyl sites for hydroxylation is 2. The Labute approximate surface area is 239 Å². The zero-order chi connectivity index (χ0) is 28.5. The van der Waals surface area contributed by atoms with Gasteiger partial charge in [0.15, 0.2) is 0 Å². The smallest absolute Gasteiger partial charge is 0.312 e. The van der Waals surface area contributed by atoms with E-state index in [0.29, 0.717) is 25.7 Å². The lowest BCUT2D eigenvalue weighted by atomic mass is 9.70. The molecule has 4 rings (SSSR count). The summed E-state index contributed by atoms with van der Waals surface area (Å²) in [6, 6.07) is 4.27. The largest absolute Gasteiger partial charge is 0.465 e. The topological polar surface area (TPSA) is 96.4 Å². The van der Waals surface area contributed by atoms with Crippen LogP contribution in [-0.2, 0) is 23.9 Å². The molecule has 1 aromatic carbocycles. The standard InChI is InChI=1S/C30H39BrN2O6/c1-6-9-10-14-38-29(37)23-24-27(35)33(20(8-3)17-34)26(30(24)16-21(31)25(23)39-30)28(36)32(13-7-2)22-15-18(4)11-12-19(22)5/h6-7,11-12,15,20-21,23-26,34H,1-2,8-10,13-14,16-17H2,3-5H3/t20-,21?,23+,24-,25+,26?,30?/m0/s1. The fourth-order valence-corrected chi connectivity index (χ4v) is 7.46. The molecule has 3 unspecified atom stereocenters. The van der Waals surface area contributed by atoms with Gasteiger partial charge in [0.05, 0.1) is 37.2 Å². The number of ether oxygens (including phenoxy) is 2. The first-order chi connectivity index (χ1) is 18.7. The number of alkyl halides is 1. The molecule has 2 bridgehead atoms. The van der Waals surface area contributed by atoms with Gasteiger partial charge in [0, 0.05) is 17.1 Å². The molecule has 212 valence electrons. The second-order valence-electron chi connectivity index (χ2n) is 10.8. The van der Waals surface area contributed by atoms with Crippen molar-refractivity contribution in [2.45, 2.75) is 75.1 Å². The lowest BCUT2D eigenvalue weighted by Gasteiger charge is -2.39. The number of anilines is 1. The van der Waals surface area contributed by atoms with Crippen molar-refractivity contribution in [2.24, 2.45) is 11.8 Å². The fourth-order valence-electron chi connectivity index (χ4n) is 6.51. The minimum atomic E-state index is -1.22. The number of halogens is 1. The summed E-state index contributed by atoms with van der Waals surface area (Å²) in [6.45, 7) is 13.5. The lowest BCUT2D eigenvalue weighted by Crippen LogP contribution is -2.59. The zero-order valence-electron chi connectivity index (χ0n) is 23.0. The van der Waals surface area contributed by atoms with E-state index in [0.717, 1.165) is 16.8 Å². The van der Waals surface area contributed by atoms with Crippen LogP contribution < -0.4 is 4.90 Å². The Bertz CT molecular complexity index is 1140. The molecule has 3 fully saturated rings. The first-order valence-electron chi connectivity index (χ1n) is 13.7. The van der Waals surface area contributed by atoms with Crippen molar-refractivity contribution < 1.29 is 29.0 Å². The van der Waals surface area contributed by atoms with Crippen LogP contribution in [0, 0.1) is 25.7 Å². The van der Waals surface area contributed by atoms with Gasteiger partial charge >= 0.3 is 5.97 Å². The highest BCUT2D eigenvalue weighted by Crippen LogP contribution is 2.61. The zero-order valence-corrected chi connectivity index (χ0v) is 24.6. The number of aliphatic hydroxyl groups is 1. The number of unbranched alkanes of at least 4 members (excludes halogenated alkanes) is 1. The van der Waals surface area contributed by atoms with Crippen molar-refractivity contribution in [3.63, 3.8) is 0 Å². The van der Waals surface area contributed by atoms with Crippen molar-refractivity contribution in [1.29, 1.82) is 0 Å². The van der Waals surface area contributed by atoms with Crippen molar-refractivity contribution >= 4 is 39.4 Å². The SMILES string of the molecule is C=CCCCOC(=O)[C@H]1[C@@H]2OC3(CC2Br)C(C(=O)N(CC=C)c2cc(C)ccc2C)N([C@@H](CC)CO)C(=O)[C@H]13. The number of carbonyl (C=O) groups is 3. The highest BCUT2D eigenvalue weighted by molar-refractivity contribution is 9.09. The number of esters is 1. The van der Waals surface area contributed by atoms with Gasteiger partial charge < -0.3 is 24.4 Å². The molecule has 3 saturated heterocycles. The monoisotopic (exact) mass is 602 g/mol. The highest BCUT2D eigenvalue weighted by Gasteiger charge is 2.77. The predicted octanol–water partition coefficient (Wildman–Crippen LogP) is 3.85. The Morgan fingerprint density at radius 3 is 2.72 bits per heavy atom. The van der Waals surface area contributed by atoms with E-state index in [2.05, 4.69) is 29.1 Å². The van der Waals surface area contributed by atoms with Gasteiger partial charge in [-0.15, -0.1) is 13.2 Å². The minimum Gasteiger partial charge on any atom is -0.465 e. The van der Waals surface area contributed by atoms with Crippen molar-refractivity contribution in [3.8, 4) is 0 Å². The summed E-state index contributed by atoms with van der Waals surface area (Å²) < 4.78 is 12.2. The maximum atomic E-state index is 14.6. The Hall–Kier alpha value is -2.49. The fraction of sp³-hybridized carbons (Fsp3) is 0.567. The predicted molar refractivity (Wildman–Crippen MR) is 153 cm³/mol.